The van der Waals surface area contributed by atoms with Crippen LogP contribution in [0.25, 0.3) is 0 Å². The molecule has 10 nitrogen and oxygen atoms in total. The Balaban J connectivity index is 1.11. The van der Waals surface area contributed by atoms with Gasteiger partial charge in [-0.25, -0.2) is 0 Å². The molecule has 2 saturated carbocycles. The SMILES string of the molecule is COc1cc([C@H]2c3sc(=O)[nH]c3SC3C4CC(C5C(=O)N(c6cccc(C(F)(F)F)c6)C(=O)C45)C32)ccc1OCC(=O)N1CCOCC1. The zero-order valence-electron chi connectivity index (χ0n) is 25.5. The number of thioether (sulfide) groups is 1. The zero-order chi connectivity index (χ0) is 33.5. The Hall–Kier alpha value is -3.82. The molecule has 0 radical (unpaired) electrons. The second-order valence-electron chi connectivity index (χ2n) is 12.7. The van der Waals surface area contributed by atoms with Crippen LogP contribution in [0.1, 0.15) is 28.3 Å². The van der Waals surface area contributed by atoms with Gasteiger partial charge in [-0.2, -0.15) is 13.2 Å². The van der Waals surface area contributed by atoms with Gasteiger partial charge < -0.3 is 24.1 Å². The number of benzene rings is 2. The third-order valence-electron chi connectivity index (χ3n) is 10.4. The molecule has 4 heterocycles. The number of methoxy groups -OCH3 is 1. The number of carbonyl (C=O) groups is 3. The molecule has 1 aromatic heterocycles. The quantitative estimate of drug-likeness (QED) is 0.377. The number of carbonyl (C=O) groups excluding carboxylic acids is 3. The van der Waals surface area contributed by atoms with E-state index in [2.05, 4.69) is 4.98 Å². The molecular formula is C33H30F3N3O7S2. The average molecular weight is 702 g/mol. The number of hydrogen-bond donors (Lipinski definition) is 1. The van der Waals surface area contributed by atoms with E-state index in [1.54, 1.807) is 11.0 Å². The molecule has 0 spiro atoms. The first-order valence-corrected chi connectivity index (χ1v) is 17.4. The Labute approximate surface area is 280 Å². The van der Waals surface area contributed by atoms with Crippen molar-refractivity contribution in [2.24, 2.45) is 29.6 Å². The van der Waals surface area contributed by atoms with Crippen molar-refractivity contribution in [2.75, 3.05) is 44.9 Å². The molecule has 8 rings (SSSR count). The van der Waals surface area contributed by atoms with Crippen LogP contribution in [0.5, 0.6) is 11.5 Å². The second kappa shape index (κ2) is 11.7. The van der Waals surface area contributed by atoms with Gasteiger partial charge in [0.2, 0.25) is 11.8 Å². The van der Waals surface area contributed by atoms with E-state index in [9.17, 15) is 32.3 Å². The fraction of sp³-hybridized carbons (Fsp3) is 0.455. The van der Waals surface area contributed by atoms with Crippen molar-refractivity contribution in [2.45, 2.75) is 28.8 Å². The van der Waals surface area contributed by atoms with Crippen LogP contribution in [0, 0.1) is 29.6 Å². The molecule has 3 aromatic rings. The van der Waals surface area contributed by atoms with Crippen LogP contribution in [0.3, 0.4) is 0 Å². The molecule has 3 aliphatic heterocycles. The number of halogens is 3. The van der Waals surface area contributed by atoms with Gasteiger partial charge >= 0.3 is 11.0 Å². The van der Waals surface area contributed by atoms with Crippen LogP contribution >= 0.6 is 23.1 Å². The molecule has 252 valence electrons. The van der Waals surface area contributed by atoms with E-state index in [4.69, 9.17) is 14.2 Å². The maximum absolute atomic E-state index is 14.0. The van der Waals surface area contributed by atoms with Crippen molar-refractivity contribution >= 4 is 46.5 Å². The predicted octanol–water partition coefficient (Wildman–Crippen LogP) is 4.38. The maximum atomic E-state index is 14.0. The number of hydrogen-bond acceptors (Lipinski definition) is 9. The smallest absolute Gasteiger partial charge is 0.416 e. The molecule has 6 unspecified atom stereocenters. The highest BCUT2D eigenvalue weighted by Crippen LogP contribution is 2.69. The summed E-state index contributed by atoms with van der Waals surface area (Å²) in [5.41, 5.74) is -0.164. The van der Waals surface area contributed by atoms with Gasteiger partial charge in [0, 0.05) is 29.1 Å². The lowest BCUT2D eigenvalue weighted by Crippen LogP contribution is -2.43. The second-order valence-corrected chi connectivity index (χ2v) is 14.9. The number of thiazole rings is 1. The van der Waals surface area contributed by atoms with Crippen molar-refractivity contribution in [1.82, 2.24) is 9.88 Å². The van der Waals surface area contributed by atoms with Gasteiger partial charge in [0.1, 0.15) is 0 Å². The number of alkyl halides is 3. The minimum atomic E-state index is -4.62. The molecule has 48 heavy (non-hydrogen) atoms. The summed E-state index contributed by atoms with van der Waals surface area (Å²) in [6.07, 6.45) is -3.99. The summed E-state index contributed by atoms with van der Waals surface area (Å²) in [5.74, 6) is -2.49. The van der Waals surface area contributed by atoms with E-state index >= 15 is 0 Å². The molecule has 2 bridgehead atoms. The molecule has 15 heteroatoms. The normalized spacial score (nSPS) is 29.1. The number of fused-ring (bicyclic) bond motifs is 9. The number of nitrogens with zero attached hydrogens (tertiary/aromatic N) is 2. The Morgan fingerprint density at radius 1 is 1.02 bits per heavy atom. The molecule has 1 N–H and O–H groups in total. The molecular weight excluding hydrogens is 672 g/mol. The number of nitrogens with one attached hydrogen (secondary N) is 1. The van der Waals surface area contributed by atoms with Gasteiger partial charge in [0.05, 0.1) is 48.4 Å². The highest BCUT2D eigenvalue weighted by atomic mass is 32.2. The highest BCUT2D eigenvalue weighted by Gasteiger charge is 2.69. The Kier molecular flexibility index (Phi) is 7.64. The fourth-order valence-electron chi connectivity index (χ4n) is 8.51. The van der Waals surface area contributed by atoms with E-state index in [0.717, 1.165) is 43.8 Å². The minimum absolute atomic E-state index is 0.0725. The lowest BCUT2D eigenvalue weighted by molar-refractivity contribution is -0.138. The molecule has 3 amide bonds. The van der Waals surface area contributed by atoms with Crippen LogP contribution < -0.4 is 19.2 Å². The third-order valence-corrected chi connectivity index (χ3v) is 13.0. The van der Waals surface area contributed by atoms with Crippen molar-refractivity contribution in [3.8, 4) is 11.5 Å². The number of morpholine rings is 1. The summed E-state index contributed by atoms with van der Waals surface area (Å²) >= 11 is 2.63. The summed E-state index contributed by atoms with van der Waals surface area (Å²) in [6.45, 7) is 1.78. The Morgan fingerprint density at radius 3 is 2.50 bits per heavy atom. The molecule has 2 saturated heterocycles. The van der Waals surface area contributed by atoms with Crippen LogP contribution in [-0.2, 0) is 25.3 Å². The van der Waals surface area contributed by atoms with Crippen LogP contribution in [0.4, 0.5) is 18.9 Å². The predicted molar refractivity (Wildman–Crippen MR) is 168 cm³/mol. The van der Waals surface area contributed by atoms with Crippen molar-refractivity contribution < 1.29 is 41.8 Å². The highest BCUT2D eigenvalue weighted by molar-refractivity contribution is 8.00. The maximum Gasteiger partial charge on any atom is 0.416 e. The molecule has 2 aliphatic carbocycles. The summed E-state index contributed by atoms with van der Waals surface area (Å²) in [4.78, 5) is 59.4. The summed E-state index contributed by atoms with van der Waals surface area (Å²) in [7, 11) is 1.50. The minimum Gasteiger partial charge on any atom is -0.493 e. The third kappa shape index (κ3) is 4.95. The van der Waals surface area contributed by atoms with Gasteiger partial charge in [-0.15, -0.1) is 11.8 Å². The summed E-state index contributed by atoms with van der Waals surface area (Å²) in [5, 5.41) is 0.618. The number of rotatable bonds is 6. The Bertz CT molecular complexity index is 1870. The van der Waals surface area contributed by atoms with Crippen LogP contribution in [0.2, 0.25) is 0 Å². The van der Waals surface area contributed by atoms with E-state index in [-0.39, 0.29) is 52.0 Å². The monoisotopic (exact) mass is 701 g/mol. The standard InChI is InChI=1S/C33H30F3N3O7S2/c1-44-21-11-15(5-6-20(21)46-14-22(40)38-7-9-45-10-8-38)23-24-18-13-19(27(24)47-29-28(23)48-32(43)37-29)26-25(18)30(41)39(31(26)42)17-4-2-3-16(12-17)33(34,35)36/h2-6,11-12,18-19,23-27H,7-10,13-14H2,1H3,(H,37,43)/t18?,19?,23-,24?,25?,26?,27?/m1/s1. The van der Waals surface area contributed by atoms with Crippen LogP contribution in [0.15, 0.2) is 52.3 Å². The van der Waals surface area contributed by atoms with Gasteiger partial charge in [-0.1, -0.05) is 23.5 Å². The number of imide groups is 1. The van der Waals surface area contributed by atoms with E-state index in [1.807, 2.05) is 12.1 Å². The first-order chi connectivity index (χ1) is 23.0. The van der Waals surface area contributed by atoms with Crippen LogP contribution in [-0.4, -0.2) is 72.9 Å². The zero-order valence-corrected chi connectivity index (χ0v) is 27.2. The number of anilines is 1. The molecule has 7 atom stereocenters. The number of H-pyrrole nitrogens is 1. The lowest BCUT2D eigenvalue weighted by atomic mass is 9.68. The molecule has 4 fully saturated rings. The number of ether oxygens (including phenoxy) is 3. The van der Waals surface area contributed by atoms with Crippen molar-refractivity contribution in [3.63, 3.8) is 0 Å². The average Bonchev–Trinajstić information content (AvgIpc) is 3.82. The van der Waals surface area contributed by atoms with Gasteiger partial charge in [0.15, 0.2) is 18.1 Å². The fourth-order valence-corrected chi connectivity index (χ4v) is 11.4. The number of amides is 3. The molecule has 5 aliphatic rings. The first-order valence-electron chi connectivity index (χ1n) is 15.7. The van der Waals surface area contributed by atoms with Gasteiger partial charge in [0.25, 0.3) is 5.91 Å². The van der Waals surface area contributed by atoms with Gasteiger partial charge in [-0.05, 0) is 60.1 Å². The Morgan fingerprint density at radius 2 is 1.77 bits per heavy atom. The van der Waals surface area contributed by atoms with Crippen molar-refractivity contribution in [1.29, 1.82) is 0 Å². The number of aromatic nitrogens is 1. The summed E-state index contributed by atoms with van der Waals surface area (Å²) < 4.78 is 57.5. The summed E-state index contributed by atoms with van der Waals surface area (Å²) in [6, 6.07) is 9.80. The van der Waals surface area contributed by atoms with Crippen molar-refractivity contribution in [3.05, 3.63) is 68.1 Å². The van der Waals surface area contributed by atoms with E-state index < -0.39 is 35.4 Å². The largest absolute Gasteiger partial charge is 0.493 e. The van der Waals surface area contributed by atoms with E-state index in [1.165, 1.54) is 31.0 Å². The first kappa shape index (κ1) is 31.4. The number of aromatic amines is 1. The van der Waals surface area contributed by atoms with E-state index in [0.29, 0.717) is 44.2 Å². The lowest BCUT2D eigenvalue weighted by Gasteiger charge is -2.43. The topological polar surface area (TPSA) is 118 Å². The molecule has 2 aromatic carbocycles. The van der Waals surface area contributed by atoms with Gasteiger partial charge in [-0.3, -0.25) is 24.1 Å².